The highest BCUT2D eigenvalue weighted by Gasteiger charge is 2.19. The molecule has 0 aliphatic heterocycles. The molecular formula is C68H114O6. The van der Waals surface area contributed by atoms with E-state index in [1.54, 1.807) is 0 Å². The summed E-state index contributed by atoms with van der Waals surface area (Å²) < 4.78 is 16.8. The Bertz CT molecular complexity index is 1510. The number of carbonyl (C=O) groups is 3. The van der Waals surface area contributed by atoms with Gasteiger partial charge in [0.25, 0.3) is 0 Å². The molecule has 0 aromatic carbocycles. The second kappa shape index (κ2) is 61.6. The zero-order valence-electron chi connectivity index (χ0n) is 48.3. The van der Waals surface area contributed by atoms with Crippen LogP contribution in [0.4, 0.5) is 0 Å². The third kappa shape index (κ3) is 59.0. The molecule has 0 aliphatic carbocycles. The number of hydrogen-bond donors (Lipinski definition) is 0. The van der Waals surface area contributed by atoms with Gasteiger partial charge < -0.3 is 14.2 Å². The van der Waals surface area contributed by atoms with Crippen LogP contribution in [0, 0.1) is 0 Å². The Balaban J connectivity index is 4.41. The maximum atomic E-state index is 12.9. The van der Waals surface area contributed by atoms with E-state index in [0.29, 0.717) is 19.3 Å². The molecule has 422 valence electrons. The molecule has 1 atom stereocenters. The number of esters is 3. The molecule has 0 N–H and O–H groups in total. The fourth-order valence-corrected chi connectivity index (χ4v) is 8.35. The van der Waals surface area contributed by atoms with Gasteiger partial charge in [0.1, 0.15) is 13.2 Å². The summed E-state index contributed by atoms with van der Waals surface area (Å²) in [5, 5.41) is 0. The van der Waals surface area contributed by atoms with Gasteiger partial charge in [0, 0.05) is 19.3 Å². The first kappa shape index (κ1) is 70.1. The summed E-state index contributed by atoms with van der Waals surface area (Å²) in [6.07, 6.45) is 83.8. The van der Waals surface area contributed by atoms with Crippen LogP contribution in [-0.4, -0.2) is 37.2 Å². The van der Waals surface area contributed by atoms with E-state index in [1.807, 2.05) is 0 Å². The normalized spacial score (nSPS) is 12.9. The van der Waals surface area contributed by atoms with Crippen LogP contribution in [0.3, 0.4) is 0 Å². The molecule has 0 bridgehead atoms. The van der Waals surface area contributed by atoms with E-state index in [-0.39, 0.29) is 37.5 Å². The molecular weight excluding hydrogens is 913 g/mol. The van der Waals surface area contributed by atoms with E-state index in [0.717, 1.165) is 109 Å². The van der Waals surface area contributed by atoms with Crippen LogP contribution < -0.4 is 0 Å². The number of allylic oxidation sites excluding steroid dienone is 18. The van der Waals surface area contributed by atoms with E-state index >= 15 is 0 Å². The molecule has 0 saturated heterocycles. The summed E-state index contributed by atoms with van der Waals surface area (Å²) in [6, 6.07) is 0. The third-order valence-corrected chi connectivity index (χ3v) is 13.0. The van der Waals surface area contributed by atoms with Gasteiger partial charge in [-0.05, 0) is 128 Å². The highest BCUT2D eigenvalue weighted by Crippen LogP contribution is 2.15. The lowest BCUT2D eigenvalue weighted by Gasteiger charge is -2.18. The molecule has 0 heterocycles. The van der Waals surface area contributed by atoms with Crippen LogP contribution in [0.1, 0.15) is 284 Å². The molecule has 74 heavy (non-hydrogen) atoms. The average Bonchev–Trinajstić information content (AvgIpc) is 3.40. The van der Waals surface area contributed by atoms with Crippen molar-refractivity contribution in [3.05, 3.63) is 109 Å². The topological polar surface area (TPSA) is 78.9 Å². The number of ether oxygens (including phenoxy) is 3. The van der Waals surface area contributed by atoms with E-state index < -0.39 is 6.10 Å². The average molecular weight is 1030 g/mol. The number of hydrogen-bond acceptors (Lipinski definition) is 6. The van der Waals surface area contributed by atoms with E-state index in [4.69, 9.17) is 14.2 Å². The number of unbranched alkanes of at least 4 members (excludes halogenated alkanes) is 26. The van der Waals surface area contributed by atoms with Crippen molar-refractivity contribution in [2.24, 2.45) is 0 Å². The summed E-state index contributed by atoms with van der Waals surface area (Å²) in [6.45, 7) is 6.46. The smallest absolute Gasteiger partial charge is 0.306 e. The Labute approximate surface area is 457 Å². The zero-order valence-corrected chi connectivity index (χ0v) is 48.3. The Hall–Kier alpha value is -3.93. The molecule has 0 radical (unpaired) electrons. The largest absolute Gasteiger partial charge is 0.462 e. The molecule has 0 rings (SSSR count). The molecule has 6 heteroatoms. The lowest BCUT2D eigenvalue weighted by Crippen LogP contribution is -2.30. The van der Waals surface area contributed by atoms with Gasteiger partial charge in [-0.1, -0.05) is 246 Å². The minimum Gasteiger partial charge on any atom is -0.462 e. The van der Waals surface area contributed by atoms with Crippen LogP contribution in [0.15, 0.2) is 109 Å². The Morgan fingerprint density at radius 1 is 0.284 bits per heavy atom. The SMILES string of the molecule is CC/C=C\C/C=C\C/C=C\C/C=C\C/C=C\C/C=C\CCCCC(=O)OC(COC(=O)CCCCCCC/C=C\CCCCC)COC(=O)CCCCCCCCCCCCC/C=C\C/C=C\CCCCCCC. The van der Waals surface area contributed by atoms with Gasteiger partial charge in [-0.15, -0.1) is 0 Å². The van der Waals surface area contributed by atoms with Crippen molar-refractivity contribution in [2.45, 2.75) is 290 Å². The molecule has 0 amide bonds. The van der Waals surface area contributed by atoms with Crippen LogP contribution in [0.5, 0.6) is 0 Å². The van der Waals surface area contributed by atoms with Crippen LogP contribution in [0.25, 0.3) is 0 Å². The van der Waals surface area contributed by atoms with Gasteiger partial charge in [0.05, 0.1) is 0 Å². The maximum absolute atomic E-state index is 12.9. The van der Waals surface area contributed by atoms with Crippen molar-refractivity contribution in [3.63, 3.8) is 0 Å². The van der Waals surface area contributed by atoms with Crippen molar-refractivity contribution < 1.29 is 28.6 Å². The highest BCUT2D eigenvalue weighted by atomic mass is 16.6. The Morgan fingerprint density at radius 2 is 0.527 bits per heavy atom. The predicted octanol–water partition coefficient (Wildman–Crippen LogP) is 21.0. The second-order valence-corrected chi connectivity index (χ2v) is 20.2. The third-order valence-electron chi connectivity index (χ3n) is 13.0. The second-order valence-electron chi connectivity index (χ2n) is 20.2. The first-order chi connectivity index (χ1) is 36.5. The number of rotatable bonds is 55. The first-order valence-electron chi connectivity index (χ1n) is 30.9. The highest BCUT2D eigenvalue weighted by molar-refractivity contribution is 5.71. The minimum absolute atomic E-state index is 0.100. The molecule has 1 unspecified atom stereocenters. The van der Waals surface area contributed by atoms with Gasteiger partial charge in [0.15, 0.2) is 6.10 Å². The van der Waals surface area contributed by atoms with E-state index in [9.17, 15) is 14.4 Å². The quantitative estimate of drug-likeness (QED) is 0.0261. The monoisotopic (exact) mass is 1030 g/mol. The van der Waals surface area contributed by atoms with Crippen molar-refractivity contribution >= 4 is 17.9 Å². The minimum atomic E-state index is -0.808. The van der Waals surface area contributed by atoms with Crippen molar-refractivity contribution in [1.82, 2.24) is 0 Å². The summed E-state index contributed by atoms with van der Waals surface area (Å²) in [4.78, 5) is 38.2. The number of carbonyl (C=O) groups excluding carboxylic acids is 3. The first-order valence-corrected chi connectivity index (χ1v) is 30.9. The van der Waals surface area contributed by atoms with Gasteiger partial charge in [-0.3, -0.25) is 14.4 Å². The predicted molar refractivity (Wildman–Crippen MR) is 320 cm³/mol. The maximum Gasteiger partial charge on any atom is 0.306 e. The summed E-state index contributed by atoms with van der Waals surface area (Å²) in [5.74, 6) is -0.952. The molecule has 6 nitrogen and oxygen atoms in total. The molecule has 0 aliphatic rings. The fraction of sp³-hybridized carbons (Fsp3) is 0.691. The van der Waals surface area contributed by atoms with Crippen LogP contribution >= 0.6 is 0 Å². The summed E-state index contributed by atoms with van der Waals surface area (Å²) in [7, 11) is 0. The molecule has 0 spiro atoms. The molecule has 0 aromatic rings. The van der Waals surface area contributed by atoms with Crippen LogP contribution in [0.2, 0.25) is 0 Å². The lowest BCUT2D eigenvalue weighted by molar-refractivity contribution is -0.167. The van der Waals surface area contributed by atoms with Gasteiger partial charge >= 0.3 is 17.9 Å². The van der Waals surface area contributed by atoms with E-state index in [2.05, 4.69) is 130 Å². The van der Waals surface area contributed by atoms with Gasteiger partial charge in [-0.2, -0.15) is 0 Å². The summed E-state index contributed by atoms with van der Waals surface area (Å²) in [5.41, 5.74) is 0. The summed E-state index contributed by atoms with van der Waals surface area (Å²) >= 11 is 0. The van der Waals surface area contributed by atoms with Crippen molar-refractivity contribution in [1.29, 1.82) is 0 Å². The van der Waals surface area contributed by atoms with Crippen molar-refractivity contribution in [2.75, 3.05) is 13.2 Å². The lowest BCUT2D eigenvalue weighted by atomic mass is 10.0. The molecule has 0 saturated carbocycles. The van der Waals surface area contributed by atoms with E-state index in [1.165, 1.54) is 128 Å². The zero-order chi connectivity index (χ0) is 53.6. The van der Waals surface area contributed by atoms with Crippen molar-refractivity contribution in [3.8, 4) is 0 Å². The Morgan fingerprint density at radius 3 is 0.892 bits per heavy atom. The van der Waals surface area contributed by atoms with Gasteiger partial charge in [-0.25, -0.2) is 0 Å². The van der Waals surface area contributed by atoms with Gasteiger partial charge in [0.2, 0.25) is 0 Å². The molecule has 0 fully saturated rings. The Kier molecular flexibility index (Phi) is 58.3. The van der Waals surface area contributed by atoms with Crippen LogP contribution in [-0.2, 0) is 28.6 Å². The fourth-order valence-electron chi connectivity index (χ4n) is 8.35. The molecule has 0 aromatic heterocycles. The standard InChI is InChI=1S/C68H114O6/c1-4-7-10-13-16-19-22-25-27-29-31-33-34-36-37-39-41-43-46-49-52-55-58-61-67(70)73-64-65(63-72-66(69)60-57-54-51-48-45-24-21-18-15-12-9-6-3)74-68(71)62-59-56-53-50-47-44-42-40-38-35-32-30-28-26-23-20-17-14-11-8-5-2/h8,11,17-18,20-22,25-26,28-29,31-32,35,40,42,47,50,65H,4-7,9-10,12-16,19,23-24,27,30,33-34,36-39,41,43-46,48-49,51-64H2,1-3H3/b11-8-,20-17-,21-18-,25-22-,28-26-,31-29-,35-32-,42-40-,50-47-.